The van der Waals surface area contributed by atoms with Gasteiger partial charge in [-0.15, -0.1) is 0 Å². The van der Waals surface area contributed by atoms with Gasteiger partial charge in [0.1, 0.15) is 0 Å². The molecule has 0 aliphatic heterocycles. The van der Waals surface area contributed by atoms with Crippen LogP contribution in [0.25, 0.3) is 140 Å². The molecule has 46 heavy (non-hydrogen) atoms. The molecular weight excluding hydrogens is 553 g/mol. The van der Waals surface area contributed by atoms with E-state index in [9.17, 15) is 0 Å². The zero-order valence-electron chi connectivity index (χ0n) is 24.5. The molecule has 14 aromatic rings. The fourth-order valence-corrected chi connectivity index (χ4v) is 10.5. The summed E-state index contributed by atoms with van der Waals surface area (Å²) in [5.41, 5.74) is 0. The molecule has 14 rings (SSSR count). The molecule has 0 unspecified atom stereocenters. The van der Waals surface area contributed by atoms with Gasteiger partial charge in [-0.3, -0.25) is 0 Å². The second kappa shape index (κ2) is 6.66. The average Bonchev–Trinajstić information content (AvgIpc) is 3.12. The number of hydrogen-bond acceptors (Lipinski definition) is 0. The smallest absolute Gasteiger partial charge is 0.000717 e. The first-order valence-electron chi connectivity index (χ1n) is 16.4. The normalized spacial score (nSPS) is 13.7. The van der Waals surface area contributed by atoms with E-state index in [0.717, 1.165) is 0 Å². The Bertz CT molecular complexity index is 3380. The molecule has 0 heteroatoms. The van der Waals surface area contributed by atoms with Crippen molar-refractivity contribution in [2.24, 2.45) is 0 Å². The molecule has 0 saturated heterocycles. The maximum absolute atomic E-state index is 2.44. The van der Waals surface area contributed by atoms with Gasteiger partial charge in [0.25, 0.3) is 0 Å². The lowest BCUT2D eigenvalue weighted by molar-refractivity contribution is 1.81. The summed E-state index contributed by atoms with van der Waals surface area (Å²) in [4.78, 5) is 0. The fourth-order valence-electron chi connectivity index (χ4n) is 10.5. The maximum atomic E-state index is 2.44. The SMILES string of the molecule is c1cc2ccc3ccc4c5ccc6c7ccc8ccc9cccc%10c%11ccc%12c%13ccc%14c(c1)c2c3c4c%14c%13c5c6c%12c%11c7c8c9%10. The molecule has 0 bridgehead atoms. The van der Waals surface area contributed by atoms with Crippen LogP contribution in [-0.2, 0) is 0 Å². The number of fused-ring (bicyclic) bond motifs is 5. The van der Waals surface area contributed by atoms with E-state index in [-0.39, 0.29) is 0 Å². The van der Waals surface area contributed by atoms with Crippen molar-refractivity contribution in [1.29, 1.82) is 0 Å². The minimum Gasteiger partial charge on any atom is -0.0610 e. The van der Waals surface area contributed by atoms with Crippen LogP contribution >= 0.6 is 0 Å². The van der Waals surface area contributed by atoms with Gasteiger partial charge in [-0.2, -0.15) is 0 Å². The molecular formula is C46H20. The van der Waals surface area contributed by atoms with Crippen molar-refractivity contribution in [2.45, 2.75) is 0 Å². The van der Waals surface area contributed by atoms with Crippen LogP contribution in [0.4, 0.5) is 0 Å². The second-order valence-electron chi connectivity index (χ2n) is 13.8. The quantitative estimate of drug-likeness (QED) is 0.125. The van der Waals surface area contributed by atoms with E-state index in [1.165, 1.54) is 140 Å². The number of benzene rings is 14. The van der Waals surface area contributed by atoms with Crippen LogP contribution in [0, 0.1) is 0 Å². The topological polar surface area (TPSA) is 0 Å². The third kappa shape index (κ3) is 2.01. The van der Waals surface area contributed by atoms with Crippen LogP contribution in [0.15, 0.2) is 121 Å². The molecule has 0 aliphatic rings. The van der Waals surface area contributed by atoms with Crippen molar-refractivity contribution in [1.82, 2.24) is 0 Å². The Balaban J connectivity index is 1.40. The molecule has 0 atom stereocenters. The molecule has 0 nitrogen and oxygen atoms in total. The van der Waals surface area contributed by atoms with Crippen molar-refractivity contribution in [3.05, 3.63) is 121 Å². The van der Waals surface area contributed by atoms with Crippen molar-refractivity contribution in [3.63, 3.8) is 0 Å². The molecule has 0 N–H and O–H groups in total. The van der Waals surface area contributed by atoms with E-state index in [1.807, 2.05) is 0 Å². The highest BCUT2D eigenvalue weighted by molar-refractivity contribution is 6.55. The predicted molar refractivity (Wildman–Crippen MR) is 201 cm³/mol. The lowest BCUT2D eigenvalue weighted by Gasteiger charge is -2.26. The highest BCUT2D eigenvalue weighted by atomic mass is 14.3. The Hall–Kier alpha value is -5.98. The summed E-state index contributed by atoms with van der Waals surface area (Å²) >= 11 is 0. The Morgan fingerprint density at radius 2 is 0.370 bits per heavy atom. The molecule has 0 aromatic heterocycles. The highest BCUT2D eigenvalue weighted by Gasteiger charge is 2.27. The van der Waals surface area contributed by atoms with E-state index in [1.54, 1.807) is 0 Å². The zero-order valence-corrected chi connectivity index (χ0v) is 24.5. The van der Waals surface area contributed by atoms with Crippen LogP contribution in [0.1, 0.15) is 0 Å². The molecule has 0 aliphatic carbocycles. The van der Waals surface area contributed by atoms with Gasteiger partial charge in [0, 0.05) is 0 Å². The van der Waals surface area contributed by atoms with Gasteiger partial charge in [-0.25, -0.2) is 0 Å². The molecule has 0 spiro atoms. The molecule has 0 amide bonds. The predicted octanol–water partition coefficient (Wildman–Crippen LogP) is 13.3. The number of hydrogen-bond donors (Lipinski definition) is 0. The van der Waals surface area contributed by atoms with E-state index < -0.39 is 0 Å². The lowest BCUT2D eigenvalue weighted by atomic mass is 9.76. The third-order valence-electron chi connectivity index (χ3n) is 12.1. The second-order valence-corrected chi connectivity index (χ2v) is 13.8. The van der Waals surface area contributed by atoms with Crippen LogP contribution in [0.3, 0.4) is 0 Å². The monoisotopic (exact) mass is 572 g/mol. The van der Waals surface area contributed by atoms with Gasteiger partial charge in [-0.1, -0.05) is 121 Å². The first kappa shape index (κ1) is 21.7. The van der Waals surface area contributed by atoms with Crippen molar-refractivity contribution < 1.29 is 0 Å². The van der Waals surface area contributed by atoms with Gasteiger partial charge in [0.2, 0.25) is 0 Å². The number of rotatable bonds is 0. The summed E-state index contributed by atoms with van der Waals surface area (Å²) in [7, 11) is 0. The molecule has 0 heterocycles. The molecule has 0 fully saturated rings. The zero-order chi connectivity index (χ0) is 29.2. The fraction of sp³-hybridized carbons (Fsp3) is 0. The summed E-state index contributed by atoms with van der Waals surface area (Å²) in [6.45, 7) is 0. The average molecular weight is 573 g/mol. The van der Waals surface area contributed by atoms with Gasteiger partial charge in [0.15, 0.2) is 0 Å². The minimum atomic E-state index is 1.33. The van der Waals surface area contributed by atoms with Gasteiger partial charge in [-0.05, 0) is 140 Å². The summed E-state index contributed by atoms with van der Waals surface area (Å²) in [6.07, 6.45) is 0. The van der Waals surface area contributed by atoms with Crippen LogP contribution in [0.2, 0.25) is 0 Å². The van der Waals surface area contributed by atoms with Gasteiger partial charge in [0.05, 0.1) is 0 Å². The first-order chi connectivity index (χ1) is 22.8. The summed E-state index contributed by atoms with van der Waals surface area (Å²) in [6, 6.07) is 47.1. The Morgan fingerprint density at radius 1 is 0.152 bits per heavy atom. The summed E-state index contributed by atoms with van der Waals surface area (Å²) in [5.74, 6) is 0. The highest BCUT2D eigenvalue weighted by Crippen LogP contribution is 2.56. The minimum absolute atomic E-state index is 1.33. The van der Waals surface area contributed by atoms with Crippen LogP contribution < -0.4 is 0 Å². The molecule has 14 aromatic carbocycles. The largest absolute Gasteiger partial charge is 0.0610 e. The van der Waals surface area contributed by atoms with Gasteiger partial charge < -0.3 is 0 Å². The summed E-state index contributed by atoms with van der Waals surface area (Å²) < 4.78 is 0. The first-order valence-corrected chi connectivity index (χ1v) is 16.4. The maximum Gasteiger partial charge on any atom is -0.000717 e. The molecule has 0 saturated carbocycles. The lowest BCUT2D eigenvalue weighted by Crippen LogP contribution is -1.97. The van der Waals surface area contributed by atoms with Crippen LogP contribution in [-0.4, -0.2) is 0 Å². The van der Waals surface area contributed by atoms with Crippen LogP contribution in [0.5, 0.6) is 0 Å². The van der Waals surface area contributed by atoms with Crippen molar-refractivity contribution in [3.8, 4) is 0 Å². The Kier molecular flexibility index (Phi) is 3.14. The molecule has 204 valence electrons. The standard InChI is InChI=1S/C46H20/c1-3-21-7-9-23-11-13-27-31-19-20-32-28-14-12-24-10-8-22-4-2-6-26-30-16-18-34-33-17-15-29-25(5-1)35(21)37(23)39(27)41(29)43(33)45(31)46(32)44(34)42(30)40(28)38(24)36(22)26/h1-20H. The van der Waals surface area contributed by atoms with E-state index in [0.29, 0.717) is 0 Å². The van der Waals surface area contributed by atoms with E-state index in [2.05, 4.69) is 121 Å². The Morgan fingerprint density at radius 3 is 0.696 bits per heavy atom. The summed E-state index contributed by atoms with van der Waals surface area (Å²) in [5, 5.41) is 36.2. The van der Waals surface area contributed by atoms with Crippen molar-refractivity contribution in [2.75, 3.05) is 0 Å². The van der Waals surface area contributed by atoms with Gasteiger partial charge >= 0.3 is 0 Å². The molecule has 0 radical (unpaired) electrons. The van der Waals surface area contributed by atoms with Crippen molar-refractivity contribution >= 4 is 140 Å². The van der Waals surface area contributed by atoms with E-state index in [4.69, 9.17) is 0 Å². The third-order valence-corrected chi connectivity index (χ3v) is 12.1. The Labute approximate surface area is 260 Å². The van der Waals surface area contributed by atoms with E-state index >= 15 is 0 Å².